The molecule has 1 aliphatic carbocycles. The molecule has 0 amide bonds. The third-order valence-electron chi connectivity index (χ3n) is 3.71. The van der Waals surface area contributed by atoms with Crippen molar-refractivity contribution < 1.29 is 0 Å². The van der Waals surface area contributed by atoms with Crippen LogP contribution in [-0.2, 0) is 0 Å². The number of hydrogen-bond acceptors (Lipinski definition) is 1. The molecule has 0 fully saturated rings. The van der Waals surface area contributed by atoms with E-state index >= 15 is 0 Å². The topological polar surface area (TPSA) is 17.8 Å². The minimum atomic E-state index is 1.11. The molecule has 0 spiro atoms. The van der Waals surface area contributed by atoms with Gasteiger partial charge in [-0.15, -0.1) is 0 Å². The van der Waals surface area contributed by atoms with Crippen molar-refractivity contribution in [1.29, 1.82) is 0 Å². The number of aromatic nitrogens is 2. The Kier molecular flexibility index (Phi) is 2.27. The van der Waals surface area contributed by atoms with Gasteiger partial charge in [0.2, 0.25) is 0 Å². The number of nitrogens with zero attached hydrogens (tertiary/aromatic N) is 2. The van der Waals surface area contributed by atoms with E-state index in [1.165, 1.54) is 21.5 Å². The summed E-state index contributed by atoms with van der Waals surface area (Å²) in [4.78, 5) is 4.25. The summed E-state index contributed by atoms with van der Waals surface area (Å²) < 4.78 is 2.31. The Morgan fingerprint density at radius 1 is 0.947 bits per heavy atom. The molecule has 0 saturated carbocycles. The lowest BCUT2D eigenvalue weighted by Gasteiger charge is -2.06. The number of fused-ring (bicyclic) bond motifs is 3. The highest BCUT2D eigenvalue weighted by Gasteiger charge is 2.10. The summed E-state index contributed by atoms with van der Waals surface area (Å²) in [7, 11) is 0. The van der Waals surface area contributed by atoms with Crippen LogP contribution in [0.3, 0.4) is 0 Å². The monoisotopic (exact) mass is 246 g/mol. The number of rotatable bonds is 1. The molecule has 19 heavy (non-hydrogen) atoms. The van der Waals surface area contributed by atoms with Crippen LogP contribution in [0.2, 0.25) is 0 Å². The lowest BCUT2D eigenvalue weighted by atomic mass is 10.1. The lowest BCUT2D eigenvalue weighted by Crippen LogP contribution is -2.30. The maximum absolute atomic E-state index is 4.25. The maximum Gasteiger partial charge on any atom is 0.0645 e. The zero-order valence-corrected chi connectivity index (χ0v) is 10.6. The molecule has 2 heteroatoms. The molecular formula is C17H14N2. The Balaban J connectivity index is 2.23. The van der Waals surface area contributed by atoms with Crippen LogP contribution in [0, 0.1) is 0 Å². The van der Waals surface area contributed by atoms with Gasteiger partial charge in [0.05, 0.1) is 17.4 Å². The fourth-order valence-electron chi connectivity index (χ4n) is 2.91. The highest BCUT2D eigenvalue weighted by Crippen LogP contribution is 2.15. The summed E-state index contributed by atoms with van der Waals surface area (Å²) in [5, 5.41) is 4.00. The molecular weight excluding hydrogens is 232 g/mol. The first-order valence-electron chi connectivity index (χ1n) is 6.65. The van der Waals surface area contributed by atoms with Crippen molar-refractivity contribution in [3.8, 4) is 5.69 Å². The van der Waals surface area contributed by atoms with Gasteiger partial charge in [-0.25, -0.2) is 0 Å². The Hall–Kier alpha value is -2.35. The predicted molar refractivity (Wildman–Crippen MR) is 78.5 cm³/mol. The molecule has 0 aliphatic heterocycles. The second-order valence-electron chi connectivity index (χ2n) is 4.85. The average molecular weight is 246 g/mol. The van der Waals surface area contributed by atoms with Crippen molar-refractivity contribution in [3.63, 3.8) is 0 Å². The molecule has 1 aromatic carbocycles. The van der Waals surface area contributed by atoms with E-state index in [4.69, 9.17) is 0 Å². The average Bonchev–Trinajstić information content (AvgIpc) is 2.83. The first-order chi connectivity index (χ1) is 9.45. The molecule has 0 bridgehead atoms. The summed E-state index contributed by atoms with van der Waals surface area (Å²) in [5.74, 6) is 0. The summed E-state index contributed by atoms with van der Waals surface area (Å²) in [6, 6.07) is 12.7. The molecule has 2 aromatic heterocycles. The quantitative estimate of drug-likeness (QED) is 0.644. The van der Waals surface area contributed by atoms with E-state index in [1.807, 2.05) is 18.5 Å². The molecule has 92 valence electrons. The first-order valence-corrected chi connectivity index (χ1v) is 6.65. The largest absolute Gasteiger partial charge is 0.308 e. The van der Waals surface area contributed by atoms with Crippen molar-refractivity contribution in [3.05, 3.63) is 59.4 Å². The van der Waals surface area contributed by atoms with Gasteiger partial charge in [-0.1, -0.05) is 30.4 Å². The first kappa shape index (κ1) is 10.6. The van der Waals surface area contributed by atoms with Crippen molar-refractivity contribution >= 4 is 23.1 Å². The van der Waals surface area contributed by atoms with Gasteiger partial charge >= 0.3 is 0 Å². The summed E-state index contributed by atoms with van der Waals surface area (Å²) >= 11 is 0. The van der Waals surface area contributed by atoms with Crippen LogP contribution in [0.25, 0.3) is 28.7 Å². The van der Waals surface area contributed by atoms with Crippen LogP contribution in [0.5, 0.6) is 0 Å². The molecule has 2 nitrogen and oxygen atoms in total. The molecule has 4 rings (SSSR count). The highest BCUT2D eigenvalue weighted by molar-refractivity contribution is 5.84. The zero-order valence-electron chi connectivity index (χ0n) is 10.6. The Labute approximate surface area is 111 Å². The Morgan fingerprint density at radius 2 is 1.84 bits per heavy atom. The predicted octanol–water partition coefficient (Wildman–Crippen LogP) is 2.38. The fourth-order valence-corrected chi connectivity index (χ4v) is 2.91. The van der Waals surface area contributed by atoms with Crippen molar-refractivity contribution in [2.24, 2.45) is 0 Å². The van der Waals surface area contributed by atoms with Gasteiger partial charge in [-0.2, -0.15) is 0 Å². The molecule has 0 N–H and O–H groups in total. The normalized spacial score (nSPS) is 13.7. The minimum absolute atomic E-state index is 1.11. The van der Waals surface area contributed by atoms with E-state index in [2.05, 4.69) is 52.0 Å². The third-order valence-corrected chi connectivity index (χ3v) is 3.71. The zero-order chi connectivity index (χ0) is 12.7. The van der Waals surface area contributed by atoms with E-state index in [0.29, 0.717) is 0 Å². The van der Waals surface area contributed by atoms with E-state index < -0.39 is 0 Å². The molecule has 1 aliphatic rings. The smallest absolute Gasteiger partial charge is 0.0645 e. The molecule has 2 heterocycles. The van der Waals surface area contributed by atoms with Gasteiger partial charge in [0.15, 0.2) is 0 Å². The van der Waals surface area contributed by atoms with Crippen LogP contribution in [0.4, 0.5) is 0 Å². The maximum atomic E-state index is 4.25. The SMILES string of the molecule is C1=c2c(n(-c3cccnc3)c3ccccc23)=CCC1. The Bertz CT molecular complexity index is 857. The lowest BCUT2D eigenvalue weighted by molar-refractivity contribution is 1.01. The van der Waals surface area contributed by atoms with Crippen LogP contribution in [0.1, 0.15) is 12.8 Å². The van der Waals surface area contributed by atoms with E-state index in [0.717, 1.165) is 18.5 Å². The number of hydrogen-bond donors (Lipinski definition) is 0. The van der Waals surface area contributed by atoms with Crippen molar-refractivity contribution in [2.75, 3.05) is 0 Å². The molecule has 0 radical (unpaired) electrons. The standard InChI is InChI=1S/C17H14N2/c1-3-9-16-14(7-1)15-8-2-4-10-17(15)19(16)13-6-5-11-18-12-13/h1,3,5-12H,2,4H2. The fraction of sp³-hybridized carbons (Fsp3) is 0.118. The number of pyridine rings is 1. The van der Waals surface area contributed by atoms with Gasteiger partial charge in [0, 0.05) is 22.2 Å². The van der Waals surface area contributed by atoms with Gasteiger partial charge in [0.1, 0.15) is 0 Å². The summed E-state index contributed by atoms with van der Waals surface area (Å²) in [5.41, 5.74) is 2.39. The van der Waals surface area contributed by atoms with Gasteiger partial charge in [-0.05, 0) is 31.0 Å². The molecule has 0 saturated heterocycles. The molecule has 0 unspecified atom stereocenters. The second kappa shape index (κ2) is 4.09. The highest BCUT2D eigenvalue weighted by atomic mass is 15.0. The second-order valence-corrected chi connectivity index (χ2v) is 4.85. The van der Waals surface area contributed by atoms with Gasteiger partial charge < -0.3 is 4.57 Å². The van der Waals surface area contributed by atoms with E-state index in [-0.39, 0.29) is 0 Å². The van der Waals surface area contributed by atoms with E-state index in [9.17, 15) is 0 Å². The van der Waals surface area contributed by atoms with Crippen LogP contribution < -0.4 is 10.6 Å². The molecule has 3 aromatic rings. The van der Waals surface area contributed by atoms with Crippen molar-refractivity contribution in [1.82, 2.24) is 9.55 Å². The van der Waals surface area contributed by atoms with Crippen LogP contribution >= 0.6 is 0 Å². The van der Waals surface area contributed by atoms with Gasteiger partial charge in [-0.3, -0.25) is 4.98 Å². The van der Waals surface area contributed by atoms with Gasteiger partial charge in [0.25, 0.3) is 0 Å². The number of para-hydroxylation sites is 1. The molecule has 0 atom stereocenters. The van der Waals surface area contributed by atoms with E-state index in [1.54, 1.807) is 0 Å². The van der Waals surface area contributed by atoms with Crippen LogP contribution in [0.15, 0.2) is 48.8 Å². The Morgan fingerprint density at radius 3 is 2.74 bits per heavy atom. The minimum Gasteiger partial charge on any atom is -0.308 e. The van der Waals surface area contributed by atoms with Crippen LogP contribution in [-0.4, -0.2) is 9.55 Å². The number of benzene rings is 1. The summed E-state index contributed by atoms with van der Waals surface area (Å²) in [6.07, 6.45) is 10.7. The third kappa shape index (κ3) is 1.53. The van der Waals surface area contributed by atoms with Crippen molar-refractivity contribution in [2.45, 2.75) is 12.8 Å². The summed E-state index contributed by atoms with van der Waals surface area (Å²) in [6.45, 7) is 0.